The fourth-order valence-electron chi connectivity index (χ4n) is 3.33. The van der Waals surface area contributed by atoms with Crippen molar-refractivity contribution in [2.24, 2.45) is 5.92 Å². The second-order valence-corrected chi connectivity index (χ2v) is 8.58. The highest BCUT2D eigenvalue weighted by molar-refractivity contribution is 8.03. The van der Waals surface area contributed by atoms with Crippen LogP contribution in [0.5, 0.6) is 0 Å². The minimum atomic E-state index is -0.364. The quantitative estimate of drug-likeness (QED) is 0.227. The van der Waals surface area contributed by atoms with Gasteiger partial charge in [-0.15, -0.1) is 11.8 Å². The summed E-state index contributed by atoms with van der Waals surface area (Å²) in [5, 5.41) is 7.00. The molecule has 0 aromatic heterocycles. The molecule has 0 amide bonds. The van der Waals surface area contributed by atoms with Crippen molar-refractivity contribution >= 4 is 23.7 Å². The van der Waals surface area contributed by atoms with Gasteiger partial charge in [0.2, 0.25) is 0 Å². The van der Waals surface area contributed by atoms with Crippen LogP contribution in [-0.2, 0) is 30.2 Å². The third kappa shape index (κ3) is 12.1. The second kappa shape index (κ2) is 18.3. The number of aliphatic hydroxyl groups is 1. The van der Waals surface area contributed by atoms with E-state index in [1.54, 1.807) is 11.8 Å². The lowest BCUT2D eigenvalue weighted by molar-refractivity contribution is -0.145. The van der Waals surface area contributed by atoms with Gasteiger partial charge >= 0.3 is 11.9 Å². The summed E-state index contributed by atoms with van der Waals surface area (Å²) in [4.78, 5) is 24.3. The molecule has 1 aromatic carbocycles. The number of methoxy groups -OCH3 is 1. The molecule has 1 N–H and O–H groups in total. The molecule has 33 heavy (non-hydrogen) atoms. The molecule has 0 fully saturated rings. The van der Waals surface area contributed by atoms with Crippen LogP contribution in [-0.4, -0.2) is 50.2 Å². The highest BCUT2D eigenvalue weighted by atomic mass is 32.2. The lowest BCUT2D eigenvalue weighted by Gasteiger charge is -2.12. The Bertz CT molecular complexity index is 744. The van der Waals surface area contributed by atoms with Gasteiger partial charge in [-0.3, -0.25) is 4.79 Å². The van der Waals surface area contributed by atoms with Gasteiger partial charge in [-0.2, -0.15) is 0 Å². The van der Waals surface area contributed by atoms with Crippen LogP contribution in [0.15, 0.2) is 53.1 Å². The van der Waals surface area contributed by atoms with Gasteiger partial charge in [0.05, 0.1) is 7.11 Å². The first-order valence-electron chi connectivity index (χ1n) is 11.5. The Labute approximate surface area is 202 Å². The molecule has 1 unspecified atom stereocenters. The number of carbonyl (C=O) groups is 2. The van der Waals surface area contributed by atoms with Gasteiger partial charge in [-0.25, -0.2) is 4.79 Å². The summed E-state index contributed by atoms with van der Waals surface area (Å²) in [6.45, 7) is 2.46. The summed E-state index contributed by atoms with van der Waals surface area (Å²) < 4.78 is 15.6. The summed E-state index contributed by atoms with van der Waals surface area (Å²) in [6.07, 6.45) is 10.3. The van der Waals surface area contributed by atoms with Gasteiger partial charge < -0.3 is 19.3 Å². The summed E-state index contributed by atoms with van der Waals surface area (Å²) in [5.74, 6) is 1.46. The molecule has 0 saturated carbocycles. The van der Waals surface area contributed by atoms with Crippen LogP contribution in [0.3, 0.4) is 0 Å². The first kappa shape index (κ1) is 28.9. The molecule has 1 aliphatic carbocycles. The third-order valence-electron chi connectivity index (χ3n) is 4.93. The number of aryl methyl sites for hydroxylation is 1. The molecule has 1 aliphatic rings. The zero-order valence-electron chi connectivity index (χ0n) is 20.1. The Hall–Kier alpha value is -2.09. The number of thioether (sulfide) groups is 1. The van der Waals surface area contributed by atoms with E-state index in [9.17, 15) is 9.59 Å². The van der Waals surface area contributed by atoms with Crippen LogP contribution >= 0.6 is 11.8 Å². The minimum absolute atomic E-state index is 0.0173. The number of ether oxygens (including phenoxy) is 3. The fraction of sp³-hybridized carbons (Fsp3) is 0.538. The maximum absolute atomic E-state index is 12.0. The van der Waals surface area contributed by atoms with Crippen molar-refractivity contribution in [3.63, 3.8) is 0 Å². The lowest BCUT2D eigenvalue weighted by atomic mass is 10.1. The van der Waals surface area contributed by atoms with Crippen LogP contribution in [0, 0.1) is 5.92 Å². The molecule has 0 radical (unpaired) electrons. The number of rotatable bonds is 14. The second-order valence-electron chi connectivity index (χ2n) is 7.44. The number of esters is 2. The van der Waals surface area contributed by atoms with Gasteiger partial charge in [0.25, 0.3) is 0 Å². The largest absolute Gasteiger partial charge is 0.467 e. The van der Waals surface area contributed by atoms with Crippen molar-refractivity contribution in [1.29, 1.82) is 0 Å². The highest BCUT2D eigenvalue weighted by Crippen LogP contribution is 2.41. The average Bonchev–Trinajstić information content (AvgIpc) is 3.21. The van der Waals surface area contributed by atoms with Gasteiger partial charge in [0.1, 0.15) is 12.4 Å². The highest BCUT2D eigenvalue weighted by Gasteiger charge is 2.26. The molecule has 6 nitrogen and oxygen atoms in total. The molecule has 7 heteroatoms. The first-order valence-corrected chi connectivity index (χ1v) is 12.5. The van der Waals surface area contributed by atoms with Gasteiger partial charge in [0.15, 0.2) is 0 Å². The number of benzene rings is 1. The molecule has 1 aromatic rings. The zero-order valence-corrected chi connectivity index (χ0v) is 20.9. The summed E-state index contributed by atoms with van der Waals surface area (Å²) in [7, 11) is 2.35. The van der Waals surface area contributed by atoms with E-state index in [4.69, 9.17) is 14.6 Å². The Kier molecular flexibility index (Phi) is 16.1. The molecule has 0 spiro atoms. The minimum Gasteiger partial charge on any atom is -0.467 e. The Balaban J connectivity index is 0.00000265. The Morgan fingerprint density at radius 3 is 2.64 bits per heavy atom. The maximum atomic E-state index is 12.0. The predicted octanol–water partition coefficient (Wildman–Crippen LogP) is 5.06. The van der Waals surface area contributed by atoms with Gasteiger partial charge in [-0.1, -0.05) is 49.4 Å². The molecule has 0 heterocycles. The summed E-state index contributed by atoms with van der Waals surface area (Å²) in [5.41, 5.74) is 1.34. The van der Waals surface area contributed by atoms with E-state index in [-0.39, 0.29) is 18.5 Å². The predicted molar refractivity (Wildman–Crippen MR) is 133 cm³/mol. The Morgan fingerprint density at radius 2 is 1.94 bits per heavy atom. The summed E-state index contributed by atoms with van der Waals surface area (Å²) in [6, 6.07) is 10.5. The van der Waals surface area contributed by atoms with Gasteiger partial charge in [0, 0.05) is 43.1 Å². The van der Waals surface area contributed by atoms with E-state index in [0.717, 1.165) is 62.1 Å². The van der Waals surface area contributed by atoms with Crippen molar-refractivity contribution in [2.45, 2.75) is 51.9 Å². The molecule has 2 rings (SSSR count). The lowest BCUT2D eigenvalue weighted by Crippen LogP contribution is -2.11. The summed E-state index contributed by atoms with van der Waals surface area (Å²) >= 11 is 1.73. The molecule has 0 aliphatic heterocycles. The number of allylic oxidation sites excluding steroid dienone is 4. The van der Waals surface area contributed by atoms with E-state index in [1.165, 1.54) is 12.7 Å². The number of hydrogen-bond acceptors (Lipinski definition) is 7. The van der Waals surface area contributed by atoms with Crippen LogP contribution in [0.2, 0.25) is 0 Å². The van der Waals surface area contributed by atoms with E-state index < -0.39 is 0 Å². The van der Waals surface area contributed by atoms with Crippen LogP contribution in [0.4, 0.5) is 0 Å². The Morgan fingerprint density at radius 1 is 1.18 bits per heavy atom. The maximum Gasteiger partial charge on any atom is 0.331 e. The van der Waals surface area contributed by atoms with Crippen LogP contribution < -0.4 is 0 Å². The first-order chi connectivity index (χ1) is 16.1. The number of aliphatic hydroxyl groups excluding tert-OH is 1. The number of hydrogen-bond donors (Lipinski definition) is 1. The van der Waals surface area contributed by atoms with Crippen molar-refractivity contribution in [2.75, 3.05) is 33.2 Å². The van der Waals surface area contributed by atoms with Gasteiger partial charge in [-0.05, 0) is 37.7 Å². The van der Waals surface area contributed by atoms with Crippen molar-refractivity contribution < 1.29 is 28.9 Å². The topological polar surface area (TPSA) is 82.1 Å². The molecule has 0 saturated heterocycles. The zero-order chi connectivity index (χ0) is 24.3. The van der Waals surface area contributed by atoms with Crippen molar-refractivity contribution in [1.82, 2.24) is 0 Å². The van der Waals surface area contributed by atoms with E-state index in [0.29, 0.717) is 18.9 Å². The molecule has 184 valence electrons. The van der Waals surface area contributed by atoms with E-state index in [1.807, 2.05) is 13.0 Å². The van der Waals surface area contributed by atoms with Crippen molar-refractivity contribution in [3.05, 3.63) is 58.7 Å². The molecule has 0 bridgehead atoms. The van der Waals surface area contributed by atoms with Crippen LogP contribution in [0.25, 0.3) is 0 Å². The molecular formula is C26H38O6S. The van der Waals surface area contributed by atoms with Crippen LogP contribution in [0.1, 0.15) is 51.0 Å². The number of carbonyl (C=O) groups excluding carboxylic acids is 2. The SMILES string of the molecule is CCCC(=O)OC1=C(SCCCOCC(=O)OC)C(/C=C/CCc2ccccc2)CC1.CO. The molecular weight excluding hydrogens is 440 g/mol. The normalized spacial score (nSPS) is 15.3. The fourth-order valence-corrected chi connectivity index (χ4v) is 4.52. The molecule has 1 atom stereocenters. The standard InChI is InChI=1S/C25H34O5S.CH4O/c1-3-10-23(26)30-22-16-15-21(14-8-7-13-20-11-5-4-6-12-20)25(22)31-18-9-17-29-19-24(27)28-2;1-2/h4-6,8,11-12,14,21H,3,7,9-10,13,15-19H2,1-2H3;2H,1H3/b14-8+;. The average molecular weight is 479 g/mol. The third-order valence-corrected chi connectivity index (χ3v) is 6.27. The smallest absolute Gasteiger partial charge is 0.331 e. The monoisotopic (exact) mass is 478 g/mol. The van der Waals surface area contributed by atoms with Crippen molar-refractivity contribution in [3.8, 4) is 0 Å². The van der Waals surface area contributed by atoms with E-state index >= 15 is 0 Å². The van der Waals surface area contributed by atoms with E-state index in [2.05, 4.69) is 41.2 Å².